The Morgan fingerprint density at radius 3 is 2.46 bits per heavy atom. The number of fused-ring (bicyclic) bond motifs is 1. The normalized spacial score (nSPS) is 11.3. The van der Waals surface area contributed by atoms with Crippen molar-refractivity contribution in [1.82, 2.24) is 0 Å². The van der Waals surface area contributed by atoms with E-state index in [0.717, 1.165) is 23.6 Å². The number of Topliss-reactive ketones (excluding diaryl/α,β-unsaturated/α-hetero) is 1. The second-order valence-corrected chi connectivity index (χ2v) is 6.68. The predicted octanol–water partition coefficient (Wildman–Crippen LogP) is 5.65. The molecular weight excluding hydrogens is 324 g/mol. The molecule has 0 fully saturated rings. The fourth-order valence-corrected chi connectivity index (χ4v) is 2.71. The predicted molar refractivity (Wildman–Crippen MR) is 106 cm³/mol. The molecule has 0 heterocycles. The Balaban J connectivity index is 1.87. The largest absolute Gasteiger partial charge is 0.461 e. The van der Waals surface area contributed by atoms with Crippen LogP contribution in [0.25, 0.3) is 10.8 Å². The second kappa shape index (κ2) is 9.71. The van der Waals surface area contributed by atoms with Crippen molar-refractivity contribution in [2.75, 3.05) is 6.61 Å². The maximum Gasteiger partial charge on any atom is 0.314 e. The van der Waals surface area contributed by atoms with E-state index < -0.39 is 5.97 Å². The fraction of sp³-hybridized carbons (Fsp3) is 0.304. The highest BCUT2D eigenvalue weighted by molar-refractivity contribution is 6.13. The van der Waals surface area contributed by atoms with E-state index in [4.69, 9.17) is 4.74 Å². The van der Waals surface area contributed by atoms with Gasteiger partial charge in [0.15, 0.2) is 5.78 Å². The molecular formula is C23H26O3. The molecule has 0 radical (unpaired) electrons. The Morgan fingerprint density at radius 1 is 0.962 bits per heavy atom. The van der Waals surface area contributed by atoms with Gasteiger partial charge in [0.2, 0.25) is 0 Å². The number of carbonyl (C=O) groups is 2. The molecule has 0 N–H and O–H groups in total. The standard InChI is InChI=1S/C23H26O3/c1-17(2)8-6-9-18(3)14-15-26-23(25)16-22(24)21-13-7-11-19-10-4-5-12-20(19)21/h4-5,7-8,10-14H,6,9,15-16H2,1-3H3. The summed E-state index contributed by atoms with van der Waals surface area (Å²) in [7, 11) is 0. The van der Waals surface area contributed by atoms with E-state index in [1.807, 2.05) is 49.4 Å². The molecule has 3 nitrogen and oxygen atoms in total. The minimum Gasteiger partial charge on any atom is -0.461 e. The van der Waals surface area contributed by atoms with Gasteiger partial charge < -0.3 is 4.74 Å². The number of esters is 1. The third-order valence-corrected chi connectivity index (χ3v) is 4.16. The first-order valence-electron chi connectivity index (χ1n) is 8.93. The second-order valence-electron chi connectivity index (χ2n) is 6.68. The van der Waals surface area contributed by atoms with Gasteiger partial charge in [-0.05, 0) is 50.5 Å². The van der Waals surface area contributed by atoms with E-state index >= 15 is 0 Å². The monoisotopic (exact) mass is 350 g/mol. The maximum atomic E-state index is 12.4. The summed E-state index contributed by atoms with van der Waals surface area (Å²) in [6.07, 6.45) is 5.78. The number of rotatable bonds is 8. The van der Waals surface area contributed by atoms with Crippen LogP contribution in [-0.4, -0.2) is 18.4 Å². The van der Waals surface area contributed by atoms with Gasteiger partial charge in [-0.1, -0.05) is 59.7 Å². The zero-order chi connectivity index (χ0) is 18.9. The molecule has 0 bridgehead atoms. The fourth-order valence-electron chi connectivity index (χ4n) is 2.71. The Labute approximate surface area is 155 Å². The third kappa shape index (κ3) is 5.99. The van der Waals surface area contributed by atoms with Crippen molar-refractivity contribution in [1.29, 1.82) is 0 Å². The van der Waals surface area contributed by atoms with Crippen LogP contribution in [0.2, 0.25) is 0 Å². The van der Waals surface area contributed by atoms with Crippen LogP contribution in [0.5, 0.6) is 0 Å². The van der Waals surface area contributed by atoms with Crippen molar-refractivity contribution >= 4 is 22.5 Å². The average Bonchev–Trinajstić information content (AvgIpc) is 2.60. The number of benzene rings is 2. The highest BCUT2D eigenvalue weighted by Crippen LogP contribution is 2.20. The summed E-state index contributed by atoms with van der Waals surface area (Å²) >= 11 is 0. The molecule has 0 amide bonds. The quantitative estimate of drug-likeness (QED) is 0.267. The lowest BCUT2D eigenvalue weighted by Crippen LogP contribution is -2.12. The van der Waals surface area contributed by atoms with E-state index in [9.17, 15) is 9.59 Å². The SMILES string of the molecule is CC(C)=CCCC(C)=CCOC(=O)CC(=O)c1cccc2ccccc12. The Kier molecular flexibility index (Phi) is 7.34. The van der Waals surface area contributed by atoms with Gasteiger partial charge in [-0.25, -0.2) is 0 Å². The molecule has 3 heteroatoms. The van der Waals surface area contributed by atoms with Gasteiger partial charge in [0, 0.05) is 5.56 Å². The number of hydrogen-bond acceptors (Lipinski definition) is 3. The Morgan fingerprint density at radius 2 is 1.69 bits per heavy atom. The summed E-state index contributed by atoms with van der Waals surface area (Å²) in [5.41, 5.74) is 3.04. The maximum absolute atomic E-state index is 12.4. The minimum atomic E-state index is -0.490. The van der Waals surface area contributed by atoms with Gasteiger partial charge in [0.1, 0.15) is 13.0 Å². The summed E-state index contributed by atoms with van der Waals surface area (Å²) in [5.74, 6) is -0.702. The summed E-state index contributed by atoms with van der Waals surface area (Å²) in [6, 6.07) is 13.2. The Hall–Kier alpha value is -2.68. The van der Waals surface area contributed by atoms with Crippen molar-refractivity contribution in [3.8, 4) is 0 Å². The van der Waals surface area contributed by atoms with Crippen LogP contribution >= 0.6 is 0 Å². The molecule has 2 aromatic rings. The first-order chi connectivity index (χ1) is 12.5. The molecule has 0 spiro atoms. The van der Waals surface area contributed by atoms with Gasteiger partial charge in [-0.15, -0.1) is 0 Å². The third-order valence-electron chi connectivity index (χ3n) is 4.16. The molecule has 0 unspecified atom stereocenters. The number of ether oxygens (including phenoxy) is 1. The summed E-state index contributed by atoms with van der Waals surface area (Å²) in [5, 5.41) is 1.85. The number of ketones is 1. The van der Waals surface area contributed by atoms with Crippen LogP contribution in [0.15, 0.2) is 65.8 Å². The van der Waals surface area contributed by atoms with Crippen LogP contribution in [0.4, 0.5) is 0 Å². The van der Waals surface area contributed by atoms with Crippen molar-refractivity contribution < 1.29 is 14.3 Å². The van der Waals surface area contributed by atoms with E-state index in [0.29, 0.717) is 5.56 Å². The lowest BCUT2D eigenvalue weighted by atomic mass is 10.00. The van der Waals surface area contributed by atoms with E-state index in [1.165, 1.54) is 11.1 Å². The first-order valence-corrected chi connectivity index (χ1v) is 8.93. The zero-order valence-corrected chi connectivity index (χ0v) is 15.7. The van der Waals surface area contributed by atoms with Crippen LogP contribution in [0, 0.1) is 0 Å². The van der Waals surface area contributed by atoms with Crippen molar-refractivity contribution in [2.45, 2.75) is 40.0 Å². The molecule has 2 aromatic carbocycles. The van der Waals surface area contributed by atoms with Crippen LogP contribution < -0.4 is 0 Å². The molecule has 0 saturated carbocycles. The lowest BCUT2D eigenvalue weighted by molar-refractivity contribution is -0.141. The number of hydrogen-bond donors (Lipinski definition) is 0. The van der Waals surface area contributed by atoms with Gasteiger partial charge >= 0.3 is 5.97 Å². The van der Waals surface area contributed by atoms with Gasteiger partial charge in [-0.3, -0.25) is 9.59 Å². The molecule has 0 aliphatic heterocycles. The van der Waals surface area contributed by atoms with E-state index in [-0.39, 0.29) is 18.8 Å². The molecule has 26 heavy (non-hydrogen) atoms. The smallest absolute Gasteiger partial charge is 0.314 e. The molecule has 2 rings (SSSR count). The highest BCUT2D eigenvalue weighted by atomic mass is 16.5. The minimum absolute atomic E-state index is 0.211. The molecule has 0 aliphatic carbocycles. The summed E-state index contributed by atoms with van der Waals surface area (Å²) in [6.45, 7) is 6.39. The molecule has 0 aromatic heterocycles. The topological polar surface area (TPSA) is 43.4 Å². The lowest BCUT2D eigenvalue weighted by Gasteiger charge is -2.06. The van der Waals surface area contributed by atoms with Crippen molar-refractivity contribution in [3.63, 3.8) is 0 Å². The molecule has 136 valence electrons. The summed E-state index contributed by atoms with van der Waals surface area (Å²) < 4.78 is 5.19. The molecule has 0 saturated heterocycles. The number of carbonyl (C=O) groups excluding carboxylic acids is 2. The van der Waals surface area contributed by atoms with Crippen molar-refractivity contribution in [3.05, 3.63) is 71.3 Å². The van der Waals surface area contributed by atoms with Gasteiger partial charge in [0.25, 0.3) is 0 Å². The van der Waals surface area contributed by atoms with Gasteiger partial charge in [0.05, 0.1) is 0 Å². The average molecular weight is 350 g/mol. The van der Waals surface area contributed by atoms with Gasteiger partial charge in [-0.2, -0.15) is 0 Å². The van der Waals surface area contributed by atoms with Crippen LogP contribution in [-0.2, 0) is 9.53 Å². The summed E-state index contributed by atoms with van der Waals surface area (Å²) in [4.78, 5) is 24.4. The van der Waals surface area contributed by atoms with Crippen LogP contribution in [0.1, 0.15) is 50.4 Å². The van der Waals surface area contributed by atoms with Crippen molar-refractivity contribution in [2.24, 2.45) is 0 Å². The highest BCUT2D eigenvalue weighted by Gasteiger charge is 2.15. The van der Waals surface area contributed by atoms with E-state index in [2.05, 4.69) is 19.9 Å². The molecule has 0 aliphatic rings. The molecule has 0 atom stereocenters. The first kappa shape index (κ1) is 19.6. The van der Waals surface area contributed by atoms with Crippen LogP contribution in [0.3, 0.4) is 0 Å². The Bertz CT molecular complexity index is 834. The zero-order valence-electron chi connectivity index (χ0n) is 15.7. The number of allylic oxidation sites excluding steroid dienone is 3. The van der Waals surface area contributed by atoms with E-state index in [1.54, 1.807) is 6.07 Å².